The van der Waals surface area contributed by atoms with E-state index in [1.807, 2.05) is 13.8 Å². The smallest absolute Gasteiger partial charge is 0.321 e. The zero-order valence-electron chi connectivity index (χ0n) is 11.4. The van der Waals surface area contributed by atoms with Gasteiger partial charge in [-0.3, -0.25) is 10.1 Å². The van der Waals surface area contributed by atoms with E-state index in [0.717, 1.165) is 30.3 Å². The molecule has 1 heterocycles. The molecule has 0 saturated carbocycles. The number of nitrogens with one attached hydrogen (secondary N) is 2. The Morgan fingerprint density at radius 3 is 2.53 bits per heavy atom. The van der Waals surface area contributed by atoms with Gasteiger partial charge in [-0.1, -0.05) is 37.8 Å². The Kier molecular flexibility index (Phi) is 7.15. The van der Waals surface area contributed by atoms with E-state index >= 15 is 0 Å². The molecule has 0 aliphatic carbocycles. The van der Waals surface area contributed by atoms with E-state index in [1.54, 1.807) is 0 Å². The summed E-state index contributed by atoms with van der Waals surface area (Å²) in [5.41, 5.74) is 0. The second-order valence-corrected chi connectivity index (χ2v) is 6.51. The molecule has 5 nitrogen and oxygen atoms in total. The third kappa shape index (κ3) is 6.77. The van der Waals surface area contributed by atoms with Crippen LogP contribution in [0, 0.1) is 5.92 Å². The minimum atomic E-state index is -0.439. The summed E-state index contributed by atoms with van der Waals surface area (Å²) in [5, 5.41) is 4.93. The Balaban J connectivity index is 2.16. The average Bonchev–Trinajstić information content (AvgIpc) is 2.87. The van der Waals surface area contributed by atoms with Crippen LogP contribution in [0.15, 0.2) is 0 Å². The lowest BCUT2D eigenvalue weighted by atomic mass is 10.2. The van der Waals surface area contributed by atoms with Gasteiger partial charge in [-0.05, 0) is 18.8 Å². The second-order valence-electron chi connectivity index (χ2n) is 4.90. The van der Waals surface area contributed by atoms with Crippen molar-refractivity contribution in [3.05, 3.63) is 0 Å². The topological polar surface area (TPSA) is 61.4 Å². The number of thioether (sulfide) groups is 1. The van der Waals surface area contributed by atoms with Crippen molar-refractivity contribution in [2.75, 3.05) is 25.4 Å². The highest BCUT2D eigenvalue weighted by atomic mass is 32.2. The fraction of sp³-hybridized carbons (Fsp3) is 0.750. The van der Waals surface area contributed by atoms with E-state index in [1.165, 1.54) is 11.8 Å². The molecule has 0 unspecified atom stereocenters. The molecule has 0 bridgehead atoms. The number of thiocarbonyl (C=S) groups is 1. The van der Waals surface area contributed by atoms with Crippen LogP contribution in [-0.4, -0.2) is 46.5 Å². The van der Waals surface area contributed by atoms with Crippen molar-refractivity contribution in [1.29, 1.82) is 0 Å². The van der Waals surface area contributed by atoms with Crippen LogP contribution in [0.3, 0.4) is 0 Å². The molecule has 0 radical (unpaired) electrons. The van der Waals surface area contributed by atoms with E-state index in [-0.39, 0.29) is 11.7 Å². The second kappa shape index (κ2) is 8.37. The van der Waals surface area contributed by atoms with E-state index in [0.29, 0.717) is 12.5 Å². The first-order valence-electron chi connectivity index (χ1n) is 6.48. The molecule has 0 aromatic heterocycles. The standard InChI is InChI=1S/C12H21N3O2S2/c1-9(2)7-13-11(17)14-10(16)8-19-12(18)15-5-3-4-6-15/h9H,3-8H2,1-2H3,(H2,13,14,16,17). The summed E-state index contributed by atoms with van der Waals surface area (Å²) in [5.74, 6) is 0.232. The van der Waals surface area contributed by atoms with E-state index in [2.05, 4.69) is 15.5 Å². The van der Waals surface area contributed by atoms with Gasteiger partial charge in [-0.25, -0.2) is 4.79 Å². The zero-order chi connectivity index (χ0) is 14.3. The molecule has 1 aliphatic rings. The van der Waals surface area contributed by atoms with Crippen LogP contribution in [0.5, 0.6) is 0 Å². The van der Waals surface area contributed by atoms with Crippen LogP contribution in [0.2, 0.25) is 0 Å². The summed E-state index contributed by atoms with van der Waals surface area (Å²) in [4.78, 5) is 25.0. The Morgan fingerprint density at radius 2 is 1.95 bits per heavy atom. The third-order valence-corrected chi connectivity index (χ3v) is 4.14. The SMILES string of the molecule is CC(C)CNC(=O)NC(=O)CSC(=S)N1CCCC1. The maximum absolute atomic E-state index is 11.5. The van der Waals surface area contributed by atoms with Gasteiger partial charge in [0.1, 0.15) is 4.32 Å². The normalized spacial score (nSPS) is 14.6. The summed E-state index contributed by atoms with van der Waals surface area (Å²) in [6.07, 6.45) is 2.31. The van der Waals surface area contributed by atoms with Crippen LogP contribution in [0.4, 0.5) is 4.79 Å². The van der Waals surface area contributed by atoms with Gasteiger partial charge in [-0.15, -0.1) is 0 Å². The lowest BCUT2D eigenvalue weighted by molar-refractivity contribution is -0.117. The first kappa shape index (κ1) is 16.2. The maximum Gasteiger partial charge on any atom is 0.321 e. The molecule has 1 fully saturated rings. The van der Waals surface area contributed by atoms with Crippen LogP contribution in [0.1, 0.15) is 26.7 Å². The first-order valence-corrected chi connectivity index (χ1v) is 7.88. The van der Waals surface area contributed by atoms with Gasteiger partial charge in [0.25, 0.3) is 0 Å². The van der Waals surface area contributed by atoms with Crippen LogP contribution >= 0.6 is 24.0 Å². The molecule has 2 N–H and O–H groups in total. The van der Waals surface area contributed by atoms with Gasteiger partial charge in [0, 0.05) is 19.6 Å². The predicted molar refractivity (Wildman–Crippen MR) is 82.2 cm³/mol. The highest BCUT2D eigenvalue weighted by molar-refractivity contribution is 8.23. The van der Waals surface area contributed by atoms with Gasteiger partial charge < -0.3 is 10.2 Å². The van der Waals surface area contributed by atoms with Crippen LogP contribution in [-0.2, 0) is 4.79 Å². The Labute approximate surface area is 123 Å². The monoisotopic (exact) mass is 303 g/mol. The summed E-state index contributed by atoms with van der Waals surface area (Å²) >= 11 is 6.55. The minimum absolute atomic E-state index is 0.185. The number of amides is 3. The highest BCUT2D eigenvalue weighted by Gasteiger charge is 2.16. The van der Waals surface area contributed by atoms with Crippen molar-refractivity contribution < 1.29 is 9.59 Å². The van der Waals surface area contributed by atoms with Gasteiger partial charge in [0.15, 0.2) is 0 Å². The lowest BCUT2D eigenvalue weighted by Gasteiger charge is -2.17. The summed E-state index contributed by atoms with van der Waals surface area (Å²) in [6, 6.07) is -0.439. The molecule has 7 heteroatoms. The van der Waals surface area contributed by atoms with Gasteiger partial charge in [0.2, 0.25) is 5.91 Å². The third-order valence-electron chi connectivity index (χ3n) is 2.61. The number of carbonyl (C=O) groups is 2. The number of rotatable bonds is 4. The van der Waals surface area contributed by atoms with Crippen molar-refractivity contribution in [2.24, 2.45) is 5.92 Å². The van der Waals surface area contributed by atoms with Gasteiger partial charge >= 0.3 is 6.03 Å². The van der Waals surface area contributed by atoms with Crippen molar-refractivity contribution in [1.82, 2.24) is 15.5 Å². The zero-order valence-corrected chi connectivity index (χ0v) is 13.0. The molecular formula is C12H21N3O2S2. The Hall–Kier alpha value is -0.820. The number of carbonyl (C=O) groups excluding carboxylic acids is 2. The molecule has 19 heavy (non-hydrogen) atoms. The lowest BCUT2D eigenvalue weighted by Crippen LogP contribution is -2.41. The molecule has 0 aromatic rings. The number of hydrogen-bond acceptors (Lipinski definition) is 4. The molecule has 108 valence electrons. The maximum atomic E-state index is 11.5. The first-order chi connectivity index (χ1) is 8.99. The number of hydrogen-bond donors (Lipinski definition) is 2. The van der Waals surface area contributed by atoms with Gasteiger partial charge in [-0.2, -0.15) is 0 Å². The van der Waals surface area contributed by atoms with Crippen molar-refractivity contribution in [3.63, 3.8) is 0 Å². The minimum Gasteiger partial charge on any atom is -0.358 e. The van der Waals surface area contributed by atoms with Crippen LogP contribution in [0.25, 0.3) is 0 Å². The molecule has 0 spiro atoms. The van der Waals surface area contributed by atoms with E-state index < -0.39 is 6.03 Å². The molecule has 1 rings (SSSR count). The highest BCUT2D eigenvalue weighted by Crippen LogP contribution is 2.15. The summed E-state index contributed by atoms with van der Waals surface area (Å²) < 4.78 is 0.746. The molecule has 3 amide bonds. The predicted octanol–water partition coefficient (Wildman–Crippen LogP) is 1.58. The quantitative estimate of drug-likeness (QED) is 0.772. The number of likely N-dealkylation sites (tertiary alicyclic amines) is 1. The Morgan fingerprint density at radius 1 is 1.32 bits per heavy atom. The molecule has 0 aromatic carbocycles. The Bertz CT molecular complexity index is 342. The number of urea groups is 1. The molecule has 1 saturated heterocycles. The average molecular weight is 303 g/mol. The van der Waals surface area contributed by atoms with Crippen molar-refractivity contribution in [2.45, 2.75) is 26.7 Å². The van der Waals surface area contributed by atoms with Crippen molar-refractivity contribution >= 4 is 40.2 Å². The molecule has 0 atom stereocenters. The fourth-order valence-electron chi connectivity index (χ4n) is 1.62. The van der Waals surface area contributed by atoms with Gasteiger partial charge in [0.05, 0.1) is 5.75 Å². The van der Waals surface area contributed by atoms with E-state index in [4.69, 9.17) is 12.2 Å². The summed E-state index contributed by atoms with van der Waals surface area (Å²) in [7, 11) is 0. The molecular weight excluding hydrogens is 282 g/mol. The largest absolute Gasteiger partial charge is 0.358 e. The summed E-state index contributed by atoms with van der Waals surface area (Å²) in [6.45, 7) is 6.49. The number of imide groups is 1. The van der Waals surface area contributed by atoms with Crippen molar-refractivity contribution in [3.8, 4) is 0 Å². The number of nitrogens with zero attached hydrogens (tertiary/aromatic N) is 1. The van der Waals surface area contributed by atoms with Crippen LogP contribution < -0.4 is 10.6 Å². The fourth-order valence-corrected chi connectivity index (χ4v) is 2.67. The van der Waals surface area contributed by atoms with E-state index in [9.17, 15) is 9.59 Å². The molecule has 1 aliphatic heterocycles.